The Morgan fingerprint density at radius 3 is 2.66 bits per heavy atom. The van der Waals surface area contributed by atoms with E-state index in [0.29, 0.717) is 13.2 Å². The van der Waals surface area contributed by atoms with Crippen LogP contribution in [0.5, 0.6) is 5.75 Å². The average Bonchev–Trinajstić information content (AvgIpc) is 3.46. The molecule has 1 atom stereocenters. The SMILES string of the molecule is CC(C)C(=O)N(CC(=O)N1CCc2sccc2C1COc1ccccc1)C1CC1. The molecule has 1 saturated carbocycles. The van der Waals surface area contributed by atoms with E-state index in [4.69, 9.17) is 4.74 Å². The van der Waals surface area contributed by atoms with E-state index in [-0.39, 0.29) is 36.4 Å². The molecule has 2 aliphatic rings. The summed E-state index contributed by atoms with van der Waals surface area (Å²) in [4.78, 5) is 31.0. The van der Waals surface area contributed by atoms with E-state index in [1.165, 1.54) is 10.4 Å². The lowest BCUT2D eigenvalue weighted by molar-refractivity contribution is -0.144. The summed E-state index contributed by atoms with van der Waals surface area (Å²) in [6, 6.07) is 11.9. The fraction of sp³-hybridized carbons (Fsp3) is 0.478. The normalized spacial score (nSPS) is 18.4. The van der Waals surface area contributed by atoms with Gasteiger partial charge in [0.2, 0.25) is 11.8 Å². The maximum Gasteiger partial charge on any atom is 0.242 e. The molecule has 2 aromatic rings. The number of hydrogen-bond acceptors (Lipinski definition) is 4. The highest BCUT2D eigenvalue weighted by Crippen LogP contribution is 2.35. The molecule has 0 spiro atoms. The molecular formula is C23H28N2O3S. The number of carbonyl (C=O) groups excluding carboxylic acids is 2. The fourth-order valence-electron chi connectivity index (χ4n) is 3.91. The number of hydrogen-bond donors (Lipinski definition) is 0. The van der Waals surface area contributed by atoms with Gasteiger partial charge >= 0.3 is 0 Å². The van der Waals surface area contributed by atoms with Crippen LogP contribution in [0.3, 0.4) is 0 Å². The summed E-state index contributed by atoms with van der Waals surface area (Å²) in [5, 5.41) is 2.09. The molecule has 0 N–H and O–H groups in total. The van der Waals surface area contributed by atoms with Crippen LogP contribution in [0.15, 0.2) is 41.8 Å². The molecule has 29 heavy (non-hydrogen) atoms. The van der Waals surface area contributed by atoms with Gasteiger partial charge in [-0.3, -0.25) is 9.59 Å². The molecule has 1 fully saturated rings. The van der Waals surface area contributed by atoms with Gasteiger partial charge in [0, 0.05) is 23.4 Å². The highest BCUT2D eigenvalue weighted by Gasteiger charge is 2.38. The van der Waals surface area contributed by atoms with Crippen LogP contribution >= 0.6 is 11.3 Å². The largest absolute Gasteiger partial charge is 0.491 e. The van der Waals surface area contributed by atoms with Crippen LogP contribution in [-0.2, 0) is 16.0 Å². The van der Waals surface area contributed by atoms with Crippen LogP contribution in [-0.4, -0.2) is 47.4 Å². The van der Waals surface area contributed by atoms with Gasteiger partial charge < -0.3 is 14.5 Å². The topological polar surface area (TPSA) is 49.9 Å². The van der Waals surface area contributed by atoms with Crippen LogP contribution in [0.25, 0.3) is 0 Å². The number of rotatable bonds is 7. The maximum absolute atomic E-state index is 13.3. The van der Waals surface area contributed by atoms with Gasteiger partial charge in [0.05, 0.1) is 6.04 Å². The molecule has 2 heterocycles. The lowest BCUT2D eigenvalue weighted by atomic mass is 10.00. The quantitative estimate of drug-likeness (QED) is 0.693. The Bertz CT molecular complexity index is 860. The summed E-state index contributed by atoms with van der Waals surface area (Å²) in [6.45, 7) is 5.06. The molecule has 1 aromatic carbocycles. The molecule has 1 aliphatic heterocycles. The fourth-order valence-corrected chi connectivity index (χ4v) is 4.84. The first-order chi connectivity index (χ1) is 14.0. The number of ether oxygens (including phenoxy) is 1. The van der Waals surface area contributed by atoms with E-state index in [0.717, 1.165) is 25.0 Å². The minimum Gasteiger partial charge on any atom is -0.491 e. The molecule has 1 aromatic heterocycles. The molecule has 1 aliphatic carbocycles. The molecule has 5 nitrogen and oxygen atoms in total. The molecule has 2 amide bonds. The van der Waals surface area contributed by atoms with Crippen LogP contribution in [0.2, 0.25) is 0 Å². The van der Waals surface area contributed by atoms with Gasteiger partial charge in [-0.15, -0.1) is 11.3 Å². The second-order valence-corrected chi connectivity index (χ2v) is 9.13. The van der Waals surface area contributed by atoms with Crippen molar-refractivity contribution in [2.75, 3.05) is 19.7 Å². The number of fused-ring (bicyclic) bond motifs is 1. The Balaban J connectivity index is 1.50. The van der Waals surface area contributed by atoms with Gasteiger partial charge in [0.1, 0.15) is 18.9 Å². The van der Waals surface area contributed by atoms with E-state index in [2.05, 4.69) is 11.4 Å². The number of benzene rings is 1. The molecular weight excluding hydrogens is 384 g/mol. The molecule has 1 unspecified atom stereocenters. The predicted octanol–water partition coefficient (Wildman–Crippen LogP) is 3.90. The second kappa shape index (κ2) is 8.57. The van der Waals surface area contributed by atoms with Crippen molar-refractivity contribution >= 4 is 23.2 Å². The Morgan fingerprint density at radius 2 is 1.97 bits per heavy atom. The van der Waals surface area contributed by atoms with Crippen molar-refractivity contribution in [2.24, 2.45) is 5.92 Å². The molecule has 6 heteroatoms. The van der Waals surface area contributed by atoms with Crippen LogP contribution < -0.4 is 4.74 Å². The van der Waals surface area contributed by atoms with Crippen LogP contribution in [0.4, 0.5) is 0 Å². The number of carbonyl (C=O) groups is 2. The Kier molecular flexibility index (Phi) is 5.90. The minimum absolute atomic E-state index is 0.0180. The number of nitrogens with zero attached hydrogens (tertiary/aromatic N) is 2. The molecule has 0 radical (unpaired) electrons. The Hall–Kier alpha value is -2.34. The van der Waals surface area contributed by atoms with Crippen molar-refractivity contribution in [3.8, 4) is 5.75 Å². The maximum atomic E-state index is 13.3. The zero-order valence-corrected chi connectivity index (χ0v) is 17.9. The van der Waals surface area contributed by atoms with Gasteiger partial charge in [-0.05, 0) is 48.4 Å². The molecule has 0 bridgehead atoms. The van der Waals surface area contributed by atoms with E-state index in [1.54, 1.807) is 16.2 Å². The van der Waals surface area contributed by atoms with Gasteiger partial charge in [0.15, 0.2) is 0 Å². The van der Waals surface area contributed by atoms with Crippen molar-refractivity contribution < 1.29 is 14.3 Å². The summed E-state index contributed by atoms with van der Waals surface area (Å²) in [6.07, 6.45) is 2.87. The first kappa shape index (κ1) is 20.0. The minimum atomic E-state index is -0.118. The third kappa shape index (κ3) is 4.47. The van der Waals surface area contributed by atoms with Gasteiger partial charge in [-0.1, -0.05) is 32.0 Å². The smallest absolute Gasteiger partial charge is 0.242 e. The number of thiophene rings is 1. The van der Waals surface area contributed by atoms with Gasteiger partial charge in [-0.25, -0.2) is 0 Å². The molecule has 4 rings (SSSR count). The number of amides is 2. The summed E-state index contributed by atoms with van der Waals surface area (Å²) in [5.74, 6) is 0.804. The monoisotopic (exact) mass is 412 g/mol. The lowest BCUT2D eigenvalue weighted by Crippen LogP contribution is -2.49. The molecule has 0 saturated heterocycles. The van der Waals surface area contributed by atoms with E-state index < -0.39 is 0 Å². The second-order valence-electron chi connectivity index (χ2n) is 8.13. The summed E-state index contributed by atoms with van der Waals surface area (Å²) in [7, 11) is 0. The van der Waals surface area contributed by atoms with Crippen LogP contribution in [0.1, 0.15) is 43.2 Å². The molecule has 154 valence electrons. The summed E-state index contributed by atoms with van der Waals surface area (Å²) in [5.41, 5.74) is 1.18. The zero-order chi connectivity index (χ0) is 20.4. The first-order valence-electron chi connectivity index (χ1n) is 10.4. The van der Waals surface area contributed by atoms with Crippen molar-refractivity contribution in [3.63, 3.8) is 0 Å². The highest BCUT2D eigenvalue weighted by atomic mass is 32.1. The van der Waals surface area contributed by atoms with Crippen molar-refractivity contribution in [3.05, 3.63) is 52.2 Å². The van der Waals surface area contributed by atoms with E-state index in [1.807, 2.05) is 49.1 Å². The summed E-state index contributed by atoms with van der Waals surface area (Å²) >= 11 is 1.74. The van der Waals surface area contributed by atoms with Gasteiger partial charge in [0.25, 0.3) is 0 Å². The van der Waals surface area contributed by atoms with Crippen molar-refractivity contribution in [1.82, 2.24) is 9.80 Å². The number of para-hydroxylation sites is 1. The highest BCUT2D eigenvalue weighted by molar-refractivity contribution is 7.10. The van der Waals surface area contributed by atoms with Crippen molar-refractivity contribution in [1.29, 1.82) is 0 Å². The predicted molar refractivity (Wildman–Crippen MR) is 114 cm³/mol. The lowest BCUT2D eigenvalue weighted by Gasteiger charge is -2.37. The van der Waals surface area contributed by atoms with E-state index >= 15 is 0 Å². The average molecular weight is 413 g/mol. The van der Waals surface area contributed by atoms with Crippen LogP contribution in [0, 0.1) is 5.92 Å². The third-order valence-electron chi connectivity index (χ3n) is 5.64. The van der Waals surface area contributed by atoms with Gasteiger partial charge in [-0.2, -0.15) is 0 Å². The van der Waals surface area contributed by atoms with E-state index in [9.17, 15) is 9.59 Å². The zero-order valence-electron chi connectivity index (χ0n) is 17.0. The first-order valence-corrected chi connectivity index (χ1v) is 11.3. The van der Waals surface area contributed by atoms with Crippen molar-refractivity contribution in [2.45, 2.75) is 45.2 Å². The summed E-state index contributed by atoms with van der Waals surface area (Å²) < 4.78 is 6.03. The Labute approximate surface area is 176 Å². The Morgan fingerprint density at radius 1 is 1.21 bits per heavy atom. The third-order valence-corrected chi connectivity index (χ3v) is 6.63. The standard InChI is InChI=1S/C23H28N2O3S/c1-16(2)23(27)25(17-8-9-17)14-22(26)24-12-10-21-19(11-13-29-21)20(24)15-28-18-6-4-3-5-7-18/h3-7,11,13,16-17,20H,8-10,12,14-15H2,1-2H3.